The minimum atomic E-state index is -5.03. The minimum absolute atomic E-state index is 0.132. The third-order valence-electron chi connectivity index (χ3n) is 4.37. The molecule has 0 bridgehead atoms. The van der Waals surface area contributed by atoms with Gasteiger partial charge in [0.05, 0.1) is 12.1 Å². The number of nitrogens with zero attached hydrogens (tertiary/aromatic N) is 1. The second-order valence-electron chi connectivity index (χ2n) is 7.05. The van der Waals surface area contributed by atoms with Gasteiger partial charge in [0.25, 0.3) is 5.78 Å². The number of hydrogen-bond donors (Lipinski definition) is 2. The van der Waals surface area contributed by atoms with E-state index in [0.717, 1.165) is 0 Å². The Hall–Kier alpha value is -1.64. The number of nitrogens with one attached hydrogen (secondary N) is 1. The minimum Gasteiger partial charge on any atom is -0.344 e. The van der Waals surface area contributed by atoms with E-state index in [-0.39, 0.29) is 5.92 Å². The zero-order chi connectivity index (χ0) is 19.5. The van der Waals surface area contributed by atoms with E-state index >= 15 is 0 Å². The van der Waals surface area contributed by atoms with E-state index in [1.54, 1.807) is 13.8 Å². The number of ketones is 1. The van der Waals surface area contributed by atoms with E-state index < -0.39 is 47.8 Å². The normalized spacial score (nSPS) is 20.7. The SMILES string of the molecule is CC(C)[C@H](N)C(=O)N1CCC[C@H]1C(=O)N[C@H](C(=O)C(F)(F)F)C(C)C. The fraction of sp³-hybridized carbons (Fsp3) is 0.812. The van der Waals surface area contributed by atoms with Crippen LogP contribution >= 0.6 is 0 Å². The van der Waals surface area contributed by atoms with Gasteiger partial charge in [-0.25, -0.2) is 0 Å². The van der Waals surface area contributed by atoms with Gasteiger partial charge in [-0.1, -0.05) is 27.7 Å². The third kappa shape index (κ3) is 5.17. The van der Waals surface area contributed by atoms with Crippen molar-refractivity contribution in [3.63, 3.8) is 0 Å². The summed E-state index contributed by atoms with van der Waals surface area (Å²) in [5, 5.41) is 2.17. The lowest BCUT2D eigenvalue weighted by atomic mass is 9.98. The van der Waals surface area contributed by atoms with Crippen molar-refractivity contribution in [1.82, 2.24) is 10.2 Å². The first-order valence-corrected chi connectivity index (χ1v) is 8.35. The number of Topliss-reactive ketones (excluding diaryl/α,β-unsaturated/α-hetero) is 1. The summed E-state index contributed by atoms with van der Waals surface area (Å²) >= 11 is 0. The number of rotatable bonds is 6. The van der Waals surface area contributed by atoms with Crippen LogP contribution < -0.4 is 11.1 Å². The first-order valence-electron chi connectivity index (χ1n) is 8.35. The largest absolute Gasteiger partial charge is 0.452 e. The molecule has 3 N–H and O–H groups in total. The molecule has 0 aliphatic carbocycles. The number of carbonyl (C=O) groups is 3. The van der Waals surface area contributed by atoms with Crippen LogP contribution in [0.3, 0.4) is 0 Å². The van der Waals surface area contributed by atoms with Crippen LogP contribution in [-0.2, 0) is 14.4 Å². The van der Waals surface area contributed by atoms with E-state index in [2.05, 4.69) is 5.32 Å². The molecule has 1 aliphatic heterocycles. The molecule has 0 saturated carbocycles. The molecule has 1 heterocycles. The summed E-state index contributed by atoms with van der Waals surface area (Å²) in [6.45, 7) is 6.69. The second kappa shape index (κ2) is 8.16. The fourth-order valence-corrected chi connectivity index (χ4v) is 2.74. The molecule has 9 heteroatoms. The van der Waals surface area contributed by atoms with Crippen molar-refractivity contribution in [1.29, 1.82) is 0 Å². The van der Waals surface area contributed by atoms with Crippen LogP contribution in [0.15, 0.2) is 0 Å². The summed E-state index contributed by atoms with van der Waals surface area (Å²) in [5.74, 6) is -4.02. The molecule has 0 aromatic rings. The van der Waals surface area contributed by atoms with Crippen molar-refractivity contribution in [2.45, 2.75) is 64.8 Å². The highest BCUT2D eigenvalue weighted by atomic mass is 19.4. The summed E-state index contributed by atoms with van der Waals surface area (Å²) in [4.78, 5) is 37.7. The number of carbonyl (C=O) groups excluding carboxylic acids is 3. The summed E-state index contributed by atoms with van der Waals surface area (Å²) < 4.78 is 38.1. The zero-order valence-corrected chi connectivity index (χ0v) is 14.9. The predicted octanol–water partition coefficient (Wildman–Crippen LogP) is 1.23. The van der Waals surface area contributed by atoms with Gasteiger partial charge in [0, 0.05) is 6.54 Å². The molecule has 0 aromatic carbocycles. The fourth-order valence-electron chi connectivity index (χ4n) is 2.74. The number of halogens is 3. The first kappa shape index (κ1) is 21.4. The maximum atomic E-state index is 12.7. The summed E-state index contributed by atoms with van der Waals surface area (Å²) in [7, 11) is 0. The van der Waals surface area contributed by atoms with Crippen LogP contribution in [0.1, 0.15) is 40.5 Å². The number of nitrogens with two attached hydrogens (primary N) is 1. The lowest BCUT2D eigenvalue weighted by molar-refractivity contribution is -0.175. The van der Waals surface area contributed by atoms with Crippen molar-refractivity contribution in [3.05, 3.63) is 0 Å². The smallest absolute Gasteiger partial charge is 0.344 e. The Morgan fingerprint density at radius 1 is 1.12 bits per heavy atom. The average molecular weight is 365 g/mol. The quantitative estimate of drug-likeness (QED) is 0.741. The third-order valence-corrected chi connectivity index (χ3v) is 4.37. The Balaban J connectivity index is 2.90. The summed E-state index contributed by atoms with van der Waals surface area (Å²) in [6, 6.07) is -3.37. The van der Waals surface area contributed by atoms with Gasteiger partial charge in [0.1, 0.15) is 6.04 Å². The molecule has 2 amide bonds. The molecule has 1 saturated heterocycles. The van der Waals surface area contributed by atoms with Gasteiger partial charge in [-0.15, -0.1) is 0 Å². The van der Waals surface area contributed by atoms with Gasteiger partial charge in [0.2, 0.25) is 11.8 Å². The molecule has 0 spiro atoms. The van der Waals surface area contributed by atoms with Crippen molar-refractivity contribution in [3.8, 4) is 0 Å². The Morgan fingerprint density at radius 2 is 1.68 bits per heavy atom. The van der Waals surface area contributed by atoms with Crippen molar-refractivity contribution in [2.75, 3.05) is 6.54 Å². The van der Waals surface area contributed by atoms with Gasteiger partial charge < -0.3 is 16.0 Å². The average Bonchev–Trinajstić information content (AvgIpc) is 2.98. The Kier molecular flexibility index (Phi) is 6.99. The van der Waals surface area contributed by atoms with Crippen LogP contribution in [0.25, 0.3) is 0 Å². The monoisotopic (exact) mass is 365 g/mol. The maximum Gasteiger partial charge on any atom is 0.452 e. The molecule has 25 heavy (non-hydrogen) atoms. The van der Waals surface area contributed by atoms with Crippen molar-refractivity contribution < 1.29 is 27.6 Å². The topological polar surface area (TPSA) is 92.5 Å². The second-order valence-corrected chi connectivity index (χ2v) is 7.05. The van der Waals surface area contributed by atoms with E-state index in [1.165, 1.54) is 18.7 Å². The van der Waals surface area contributed by atoms with Gasteiger partial charge >= 0.3 is 6.18 Å². The molecular formula is C16H26F3N3O3. The van der Waals surface area contributed by atoms with Gasteiger partial charge in [-0.05, 0) is 24.7 Å². The number of likely N-dealkylation sites (tertiary alicyclic amines) is 1. The standard InChI is InChI=1S/C16H26F3N3O3/c1-8(2)11(20)15(25)22-7-5-6-10(22)14(24)21-12(9(3)4)13(23)16(17,18)19/h8-12H,5-7,20H2,1-4H3,(H,21,24)/t10-,11-,12-/m0/s1. The number of hydrogen-bond acceptors (Lipinski definition) is 4. The van der Waals surface area contributed by atoms with Crippen molar-refractivity contribution >= 4 is 17.6 Å². The Bertz CT molecular complexity index is 520. The molecule has 1 rings (SSSR count). The van der Waals surface area contributed by atoms with Gasteiger partial charge in [0.15, 0.2) is 0 Å². The molecule has 1 fully saturated rings. The lowest BCUT2D eigenvalue weighted by Gasteiger charge is -2.30. The van der Waals surface area contributed by atoms with Crippen LogP contribution in [0.4, 0.5) is 13.2 Å². The summed E-state index contributed by atoms with van der Waals surface area (Å²) in [5.41, 5.74) is 5.83. The van der Waals surface area contributed by atoms with Crippen molar-refractivity contribution in [2.24, 2.45) is 17.6 Å². The highest BCUT2D eigenvalue weighted by molar-refractivity contribution is 5.96. The molecule has 0 unspecified atom stereocenters. The molecular weight excluding hydrogens is 339 g/mol. The summed E-state index contributed by atoms with van der Waals surface area (Å²) in [6.07, 6.45) is -4.16. The molecule has 144 valence electrons. The Labute approximate surface area is 145 Å². The molecule has 0 aromatic heterocycles. The van der Waals surface area contributed by atoms with Crippen LogP contribution in [0, 0.1) is 11.8 Å². The maximum absolute atomic E-state index is 12.7. The predicted molar refractivity (Wildman–Crippen MR) is 85.4 cm³/mol. The van der Waals surface area contributed by atoms with E-state index in [1.807, 2.05) is 0 Å². The highest BCUT2D eigenvalue weighted by Gasteiger charge is 2.46. The van der Waals surface area contributed by atoms with Gasteiger partial charge in [-0.2, -0.15) is 13.2 Å². The number of amides is 2. The Morgan fingerprint density at radius 3 is 2.12 bits per heavy atom. The van der Waals surface area contributed by atoms with Gasteiger partial charge in [-0.3, -0.25) is 14.4 Å². The number of alkyl halides is 3. The molecule has 1 aliphatic rings. The lowest BCUT2D eigenvalue weighted by Crippen LogP contribution is -2.57. The van der Waals surface area contributed by atoms with E-state index in [9.17, 15) is 27.6 Å². The van der Waals surface area contributed by atoms with E-state index in [0.29, 0.717) is 19.4 Å². The van der Waals surface area contributed by atoms with Crippen LogP contribution in [-0.4, -0.2) is 53.3 Å². The molecule has 6 nitrogen and oxygen atoms in total. The zero-order valence-electron chi connectivity index (χ0n) is 14.9. The molecule has 3 atom stereocenters. The first-order chi connectivity index (χ1) is 11.4. The van der Waals surface area contributed by atoms with E-state index in [4.69, 9.17) is 5.73 Å². The highest BCUT2D eigenvalue weighted by Crippen LogP contribution is 2.23. The molecule has 0 radical (unpaired) electrons. The van der Waals surface area contributed by atoms with Crippen LogP contribution in [0.5, 0.6) is 0 Å². The van der Waals surface area contributed by atoms with Crippen LogP contribution in [0.2, 0.25) is 0 Å².